The summed E-state index contributed by atoms with van der Waals surface area (Å²) in [4.78, 5) is 5.70. The van der Waals surface area contributed by atoms with Crippen LogP contribution in [0.1, 0.15) is 11.5 Å². The highest BCUT2D eigenvalue weighted by Crippen LogP contribution is 2.10. The topological polar surface area (TPSA) is 68.5 Å². The number of hydrogen-bond acceptors (Lipinski definition) is 6. The van der Waals surface area contributed by atoms with Crippen LogP contribution >= 0.6 is 11.5 Å². The van der Waals surface area contributed by atoms with E-state index in [0.717, 1.165) is 16.6 Å². The Labute approximate surface area is 85.1 Å². The molecule has 7 heteroatoms. The SMILES string of the molecule is Cc1nsc(NCc2cnn(C)n2)n1. The highest BCUT2D eigenvalue weighted by molar-refractivity contribution is 7.09. The van der Waals surface area contributed by atoms with E-state index in [0.29, 0.717) is 6.54 Å². The van der Waals surface area contributed by atoms with Gasteiger partial charge >= 0.3 is 0 Å². The van der Waals surface area contributed by atoms with Gasteiger partial charge in [-0.3, -0.25) is 0 Å². The predicted molar refractivity (Wildman–Crippen MR) is 53.0 cm³/mol. The Hall–Kier alpha value is -1.50. The van der Waals surface area contributed by atoms with Gasteiger partial charge in [-0.05, 0) is 6.92 Å². The summed E-state index contributed by atoms with van der Waals surface area (Å²) in [5.74, 6) is 0.789. The quantitative estimate of drug-likeness (QED) is 0.802. The van der Waals surface area contributed by atoms with E-state index < -0.39 is 0 Å². The van der Waals surface area contributed by atoms with Crippen LogP contribution in [0.25, 0.3) is 0 Å². The minimum absolute atomic E-state index is 0.627. The number of hydrogen-bond donors (Lipinski definition) is 1. The number of anilines is 1. The Morgan fingerprint density at radius 3 is 3.00 bits per heavy atom. The van der Waals surface area contributed by atoms with Gasteiger partial charge in [-0.2, -0.15) is 19.4 Å². The number of aryl methyl sites for hydroxylation is 2. The molecule has 0 aromatic carbocycles. The zero-order chi connectivity index (χ0) is 9.97. The molecule has 0 aliphatic heterocycles. The first-order valence-electron chi connectivity index (χ1n) is 4.13. The second-order valence-electron chi connectivity index (χ2n) is 2.83. The molecule has 0 atom stereocenters. The molecule has 0 amide bonds. The maximum absolute atomic E-state index is 4.17. The largest absolute Gasteiger partial charge is 0.354 e. The molecule has 2 heterocycles. The van der Waals surface area contributed by atoms with Crippen molar-refractivity contribution >= 4 is 16.7 Å². The molecular formula is C7H10N6S. The summed E-state index contributed by atoms with van der Waals surface area (Å²) < 4.78 is 4.06. The fourth-order valence-electron chi connectivity index (χ4n) is 1.00. The molecule has 6 nitrogen and oxygen atoms in total. The summed E-state index contributed by atoms with van der Waals surface area (Å²) in [6, 6.07) is 0. The first kappa shape index (κ1) is 9.07. The molecule has 74 valence electrons. The second kappa shape index (κ2) is 3.70. The van der Waals surface area contributed by atoms with Crippen molar-refractivity contribution in [3.8, 4) is 0 Å². The number of nitrogens with one attached hydrogen (secondary N) is 1. The Morgan fingerprint density at radius 1 is 1.57 bits per heavy atom. The van der Waals surface area contributed by atoms with Gasteiger partial charge in [0.2, 0.25) is 5.13 Å². The van der Waals surface area contributed by atoms with Crippen LogP contribution in [-0.4, -0.2) is 24.4 Å². The van der Waals surface area contributed by atoms with Gasteiger partial charge in [-0.15, -0.1) is 0 Å². The van der Waals surface area contributed by atoms with Crippen molar-refractivity contribution in [1.82, 2.24) is 24.4 Å². The standard InChI is InChI=1S/C7H10N6S/c1-5-10-7(14-12-5)8-3-6-4-9-13(2)11-6/h4H,3H2,1-2H3,(H,8,10,12). The van der Waals surface area contributed by atoms with Crippen molar-refractivity contribution in [3.63, 3.8) is 0 Å². The van der Waals surface area contributed by atoms with Crippen molar-refractivity contribution in [1.29, 1.82) is 0 Å². The molecule has 0 saturated heterocycles. The normalized spacial score (nSPS) is 10.4. The van der Waals surface area contributed by atoms with Gasteiger partial charge < -0.3 is 5.32 Å². The van der Waals surface area contributed by atoms with E-state index in [1.807, 2.05) is 6.92 Å². The maximum atomic E-state index is 4.17. The molecule has 0 radical (unpaired) electrons. The van der Waals surface area contributed by atoms with Crippen LogP contribution in [-0.2, 0) is 13.6 Å². The van der Waals surface area contributed by atoms with Crippen molar-refractivity contribution < 1.29 is 0 Å². The lowest BCUT2D eigenvalue weighted by Gasteiger charge is -1.96. The average Bonchev–Trinajstić information content (AvgIpc) is 2.72. The Balaban J connectivity index is 1.94. The Kier molecular flexibility index (Phi) is 2.40. The molecule has 0 aliphatic carbocycles. The summed E-state index contributed by atoms with van der Waals surface area (Å²) in [5.41, 5.74) is 0.889. The third-order valence-electron chi connectivity index (χ3n) is 1.60. The zero-order valence-corrected chi connectivity index (χ0v) is 8.75. The van der Waals surface area contributed by atoms with Gasteiger partial charge in [0, 0.05) is 18.6 Å². The summed E-state index contributed by atoms with van der Waals surface area (Å²) >= 11 is 1.35. The van der Waals surface area contributed by atoms with Gasteiger partial charge in [-0.1, -0.05) is 0 Å². The summed E-state index contributed by atoms with van der Waals surface area (Å²) in [6.07, 6.45) is 1.72. The smallest absolute Gasteiger partial charge is 0.202 e. The molecule has 0 saturated carbocycles. The van der Waals surface area contributed by atoms with Crippen molar-refractivity contribution in [3.05, 3.63) is 17.7 Å². The van der Waals surface area contributed by atoms with E-state index in [1.54, 1.807) is 13.2 Å². The Morgan fingerprint density at radius 2 is 2.43 bits per heavy atom. The minimum atomic E-state index is 0.627. The molecular weight excluding hydrogens is 200 g/mol. The Bertz CT molecular complexity index is 379. The fourth-order valence-corrected chi connectivity index (χ4v) is 1.57. The van der Waals surface area contributed by atoms with Crippen molar-refractivity contribution in [2.45, 2.75) is 13.5 Å². The van der Waals surface area contributed by atoms with Crippen LogP contribution in [0.5, 0.6) is 0 Å². The highest BCUT2D eigenvalue weighted by atomic mass is 32.1. The fraction of sp³-hybridized carbons (Fsp3) is 0.429. The lowest BCUT2D eigenvalue weighted by atomic mass is 10.5. The lowest BCUT2D eigenvalue weighted by molar-refractivity contribution is 0.646. The first-order chi connectivity index (χ1) is 6.74. The molecule has 1 N–H and O–H groups in total. The predicted octanol–water partition coefficient (Wildman–Crippen LogP) is 0.587. The van der Waals surface area contributed by atoms with Gasteiger partial charge in [0.1, 0.15) is 11.5 Å². The van der Waals surface area contributed by atoms with E-state index in [1.165, 1.54) is 16.3 Å². The highest BCUT2D eigenvalue weighted by Gasteiger charge is 2.01. The molecule has 0 aliphatic rings. The maximum Gasteiger partial charge on any atom is 0.202 e. The molecule has 2 aromatic heterocycles. The van der Waals surface area contributed by atoms with Gasteiger partial charge in [0.05, 0.1) is 12.7 Å². The van der Waals surface area contributed by atoms with E-state index in [9.17, 15) is 0 Å². The molecule has 0 fully saturated rings. The third kappa shape index (κ3) is 2.05. The number of aromatic nitrogens is 5. The zero-order valence-electron chi connectivity index (χ0n) is 7.93. The minimum Gasteiger partial charge on any atom is -0.354 e. The number of nitrogens with zero attached hydrogens (tertiary/aromatic N) is 5. The van der Waals surface area contributed by atoms with E-state index in [2.05, 4.69) is 24.9 Å². The molecule has 14 heavy (non-hydrogen) atoms. The van der Waals surface area contributed by atoms with Crippen LogP contribution < -0.4 is 5.32 Å². The molecule has 2 aromatic rings. The van der Waals surface area contributed by atoms with E-state index in [4.69, 9.17) is 0 Å². The van der Waals surface area contributed by atoms with Crippen molar-refractivity contribution in [2.75, 3.05) is 5.32 Å². The molecule has 0 bridgehead atoms. The van der Waals surface area contributed by atoms with Gasteiger partial charge in [0.25, 0.3) is 0 Å². The third-order valence-corrected chi connectivity index (χ3v) is 2.36. The lowest BCUT2D eigenvalue weighted by Crippen LogP contribution is -2.00. The second-order valence-corrected chi connectivity index (χ2v) is 3.58. The molecule has 0 spiro atoms. The first-order valence-corrected chi connectivity index (χ1v) is 4.91. The van der Waals surface area contributed by atoms with Crippen LogP contribution in [0, 0.1) is 6.92 Å². The van der Waals surface area contributed by atoms with Crippen LogP contribution in [0.15, 0.2) is 6.20 Å². The average molecular weight is 210 g/mol. The molecule has 2 rings (SSSR count). The van der Waals surface area contributed by atoms with Crippen LogP contribution in [0.3, 0.4) is 0 Å². The summed E-state index contributed by atoms with van der Waals surface area (Å²) in [6.45, 7) is 2.49. The number of rotatable bonds is 3. The monoisotopic (exact) mass is 210 g/mol. The van der Waals surface area contributed by atoms with E-state index >= 15 is 0 Å². The molecule has 0 unspecified atom stereocenters. The van der Waals surface area contributed by atoms with Crippen LogP contribution in [0.4, 0.5) is 5.13 Å². The summed E-state index contributed by atoms with van der Waals surface area (Å²) in [7, 11) is 1.79. The van der Waals surface area contributed by atoms with Gasteiger partial charge in [0.15, 0.2) is 0 Å². The van der Waals surface area contributed by atoms with E-state index in [-0.39, 0.29) is 0 Å². The van der Waals surface area contributed by atoms with Crippen molar-refractivity contribution in [2.24, 2.45) is 7.05 Å². The van der Waals surface area contributed by atoms with Gasteiger partial charge in [-0.25, -0.2) is 4.98 Å². The summed E-state index contributed by atoms with van der Waals surface area (Å²) in [5, 5.41) is 12.0. The van der Waals surface area contributed by atoms with Crippen LogP contribution in [0.2, 0.25) is 0 Å².